The molecule has 0 aromatic heterocycles. The van der Waals surface area contributed by atoms with Crippen LogP contribution in [0.15, 0.2) is 66.7 Å². The van der Waals surface area contributed by atoms with E-state index < -0.39 is 5.92 Å². The van der Waals surface area contributed by atoms with Crippen molar-refractivity contribution >= 4 is 34.8 Å². The summed E-state index contributed by atoms with van der Waals surface area (Å²) in [6.07, 6.45) is 0.135. The van der Waals surface area contributed by atoms with E-state index in [0.29, 0.717) is 16.9 Å². The number of aryl methyl sites for hydroxylation is 3. The number of rotatable bonds is 5. The Morgan fingerprint density at radius 1 is 0.879 bits per heavy atom. The second kappa shape index (κ2) is 9.28. The molecule has 0 bridgehead atoms. The molecule has 6 nitrogen and oxygen atoms in total. The van der Waals surface area contributed by atoms with Gasteiger partial charge in [0.15, 0.2) is 0 Å². The van der Waals surface area contributed by atoms with Crippen LogP contribution in [0, 0.1) is 26.7 Å². The summed E-state index contributed by atoms with van der Waals surface area (Å²) in [7, 11) is 0. The topological polar surface area (TPSA) is 78.5 Å². The largest absolute Gasteiger partial charge is 0.326 e. The van der Waals surface area contributed by atoms with E-state index in [1.54, 1.807) is 29.2 Å². The van der Waals surface area contributed by atoms with Crippen molar-refractivity contribution in [2.45, 2.75) is 27.2 Å². The van der Waals surface area contributed by atoms with Gasteiger partial charge in [-0.3, -0.25) is 14.4 Å². The molecule has 6 heteroatoms. The second-order valence-electron chi connectivity index (χ2n) is 8.59. The van der Waals surface area contributed by atoms with Gasteiger partial charge < -0.3 is 15.5 Å². The number of nitrogens with zero attached hydrogens (tertiary/aromatic N) is 1. The molecule has 0 aliphatic carbocycles. The molecule has 1 aliphatic rings. The fraction of sp³-hybridized carbons (Fsp3) is 0.222. The number of carbonyl (C=O) groups is 3. The highest BCUT2D eigenvalue weighted by Crippen LogP contribution is 2.28. The Bertz CT molecular complexity index is 1230. The van der Waals surface area contributed by atoms with Gasteiger partial charge in [-0.05, 0) is 73.9 Å². The summed E-state index contributed by atoms with van der Waals surface area (Å²) in [6.45, 7) is 6.15. The van der Waals surface area contributed by atoms with Crippen molar-refractivity contribution in [3.8, 4) is 0 Å². The predicted molar refractivity (Wildman–Crippen MR) is 131 cm³/mol. The Morgan fingerprint density at radius 3 is 2.42 bits per heavy atom. The Hall–Kier alpha value is -3.93. The van der Waals surface area contributed by atoms with Crippen LogP contribution in [-0.4, -0.2) is 24.3 Å². The molecular weight excluding hydrogens is 414 g/mol. The van der Waals surface area contributed by atoms with Crippen molar-refractivity contribution in [3.05, 3.63) is 89.0 Å². The highest BCUT2D eigenvalue weighted by Gasteiger charge is 2.35. The lowest BCUT2D eigenvalue weighted by Gasteiger charge is -2.18. The Balaban J connectivity index is 1.46. The lowest BCUT2D eigenvalue weighted by molar-refractivity contribution is -0.122. The SMILES string of the molecule is Cc1cccc(NC(=O)c2cccc(N3C[C@@H](C(=O)Nc4cc(C)ccc4C)CC3=O)c2)c1. The molecule has 0 unspecified atom stereocenters. The number of anilines is 3. The number of hydrogen-bond donors (Lipinski definition) is 2. The standard InChI is InChI=1S/C27H27N3O3/c1-17-6-4-8-22(12-17)28-26(32)20-7-5-9-23(14-20)30-16-21(15-25(30)31)27(33)29-24-13-18(2)10-11-19(24)3/h4-14,21H,15-16H2,1-3H3,(H,28,32)(H,29,33)/t21-/m0/s1. The highest BCUT2D eigenvalue weighted by atomic mass is 16.2. The van der Waals surface area contributed by atoms with Crippen LogP contribution in [0.25, 0.3) is 0 Å². The van der Waals surface area contributed by atoms with Gasteiger partial charge in [0.2, 0.25) is 11.8 Å². The van der Waals surface area contributed by atoms with Crippen LogP contribution in [0.3, 0.4) is 0 Å². The monoisotopic (exact) mass is 441 g/mol. The fourth-order valence-electron chi connectivity index (χ4n) is 3.98. The lowest BCUT2D eigenvalue weighted by atomic mass is 10.1. The minimum Gasteiger partial charge on any atom is -0.326 e. The van der Waals surface area contributed by atoms with Gasteiger partial charge >= 0.3 is 0 Å². The number of nitrogens with one attached hydrogen (secondary N) is 2. The maximum absolute atomic E-state index is 12.9. The highest BCUT2D eigenvalue weighted by molar-refractivity contribution is 6.07. The fourth-order valence-corrected chi connectivity index (χ4v) is 3.98. The first-order chi connectivity index (χ1) is 15.8. The molecule has 0 saturated carbocycles. The summed E-state index contributed by atoms with van der Waals surface area (Å²) in [5, 5.41) is 5.85. The first kappa shape index (κ1) is 22.3. The van der Waals surface area contributed by atoms with E-state index in [4.69, 9.17) is 0 Å². The average Bonchev–Trinajstić information content (AvgIpc) is 3.18. The maximum Gasteiger partial charge on any atom is 0.255 e. The normalized spacial score (nSPS) is 15.4. The summed E-state index contributed by atoms with van der Waals surface area (Å²) in [6, 6.07) is 20.4. The van der Waals surface area contributed by atoms with E-state index in [1.165, 1.54) is 0 Å². The molecule has 3 aromatic carbocycles. The first-order valence-corrected chi connectivity index (χ1v) is 11.0. The van der Waals surface area contributed by atoms with Crippen LogP contribution in [0.5, 0.6) is 0 Å². The zero-order chi connectivity index (χ0) is 23.5. The van der Waals surface area contributed by atoms with E-state index in [0.717, 1.165) is 22.4 Å². The molecule has 1 heterocycles. The van der Waals surface area contributed by atoms with Crippen molar-refractivity contribution in [2.24, 2.45) is 5.92 Å². The summed E-state index contributed by atoms with van der Waals surface area (Å²) in [5.41, 5.74) is 5.62. The molecule has 3 aromatic rings. The van der Waals surface area contributed by atoms with Gasteiger partial charge in [0, 0.05) is 35.6 Å². The molecule has 1 saturated heterocycles. The van der Waals surface area contributed by atoms with Gasteiger partial charge in [-0.15, -0.1) is 0 Å². The van der Waals surface area contributed by atoms with E-state index >= 15 is 0 Å². The molecule has 0 spiro atoms. The molecule has 4 rings (SSSR count). The minimum absolute atomic E-state index is 0.132. The first-order valence-electron chi connectivity index (χ1n) is 11.0. The van der Waals surface area contributed by atoms with E-state index in [9.17, 15) is 14.4 Å². The van der Waals surface area contributed by atoms with E-state index in [-0.39, 0.29) is 30.7 Å². The van der Waals surface area contributed by atoms with Gasteiger partial charge in [-0.1, -0.05) is 30.3 Å². The van der Waals surface area contributed by atoms with Crippen molar-refractivity contribution in [1.82, 2.24) is 0 Å². The number of carbonyl (C=O) groups excluding carboxylic acids is 3. The van der Waals surface area contributed by atoms with Crippen LogP contribution in [0.4, 0.5) is 17.1 Å². The van der Waals surface area contributed by atoms with Crippen molar-refractivity contribution < 1.29 is 14.4 Å². The second-order valence-corrected chi connectivity index (χ2v) is 8.59. The molecular formula is C27H27N3O3. The molecule has 1 fully saturated rings. The summed E-state index contributed by atoms with van der Waals surface area (Å²) in [4.78, 5) is 39.9. The third-order valence-electron chi connectivity index (χ3n) is 5.84. The summed E-state index contributed by atoms with van der Waals surface area (Å²) < 4.78 is 0. The van der Waals surface area contributed by atoms with Crippen LogP contribution in [0.2, 0.25) is 0 Å². The lowest BCUT2D eigenvalue weighted by Crippen LogP contribution is -2.28. The van der Waals surface area contributed by atoms with Crippen molar-refractivity contribution in [3.63, 3.8) is 0 Å². The molecule has 1 atom stereocenters. The van der Waals surface area contributed by atoms with Gasteiger partial charge in [0.25, 0.3) is 5.91 Å². The van der Waals surface area contributed by atoms with E-state index in [2.05, 4.69) is 10.6 Å². The van der Waals surface area contributed by atoms with Crippen molar-refractivity contribution in [2.75, 3.05) is 22.1 Å². The number of amides is 3. The molecule has 168 valence electrons. The average molecular weight is 442 g/mol. The Morgan fingerprint density at radius 2 is 1.64 bits per heavy atom. The third kappa shape index (κ3) is 5.12. The summed E-state index contributed by atoms with van der Waals surface area (Å²) in [5.74, 6) is -1.01. The predicted octanol–water partition coefficient (Wildman–Crippen LogP) is 4.86. The molecule has 1 aliphatic heterocycles. The van der Waals surface area contributed by atoms with Crippen LogP contribution >= 0.6 is 0 Å². The van der Waals surface area contributed by atoms with Gasteiger partial charge in [-0.2, -0.15) is 0 Å². The zero-order valence-corrected chi connectivity index (χ0v) is 19.0. The number of benzene rings is 3. The Kier molecular flexibility index (Phi) is 6.27. The smallest absolute Gasteiger partial charge is 0.255 e. The van der Waals surface area contributed by atoms with E-state index in [1.807, 2.05) is 63.2 Å². The van der Waals surface area contributed by atoms with Crippen LogP contribution in [-0.2, 0) is 9.59 Å². The van der Waals surface area contributed by atoms with Crippen LogP contribution in [0.1, 0.15) is 33.5 Å². The molecule has 33 heavy (non-hydrogen) atoms. The summed E-state index contributed by atoms with van der Waals surface area (Å²) >= 11 is 0. The van der Waals surface area contributed by atoms with Gasteiger partial charge in [0.05, 0.1) is 5.92 Å². The Labute approximate surface area is 193 Å². The maximum atomic E-state index is 12.9. The molecule has 0 radical (unpaired) electrons. The zero-order valence-electron chi connectivity index (χ0n) is 19.0. The third-order valence-corrected chi connectivity index (χ3v) is 5.84. The molecule has 3 amide bonds. The molecule has 2 N–H and O–H groups in total. The quantitative estimate of drug-likeness (QED) is 0.594. The number of hydrogen-bond acceptors (Lipinski definition) is 3. The minimum atomic E-state index is -0.456. The van der Waals surface area contributed by atoms with Gasteiger partial charge in [-0.25, -0.2) is 0 Å². The van der Waals surface area contributed by atoms with Crippen molar-refractivity contribution in [1.29, 1.82) is 0 Å². The van der Waals surface area contributed by atoms with Gasteiger partial charge in [0.1, 0.15) is 0 Å². The van der Waals surface area contributed by atoms with Crippen LogP contribution < -0.4 is 15.5 Å².